The first kappa shape index (κ1) is 76.9. The Labute approximate surface area is 880 Å². The molecule has 8 fully saturated rings. The van der Waals surface area contributed by atoms with Crippen LogP contribution in [0.15, 0.2) is 93.4 Å². The number of anilines is 4. The highest BCUT2D eigenvalue weighted by atomic mass is 32.2. The molecule has 8 aromatic heterocycles. The number of rotatable bonds is 40. The highest BCUT2D eigenvalue weighted by molar-refractivity contribution is 7.99. The molecule has 24 atom stereocenters. The molecule has 8 aliphatic carbocycles. The van der Waals surface area contributed by atoms with E-state index in [4.69, 9.17) is 59.7 Å². The molecule has 0 aliphatic heterocycles. The fourth-order valence-electron chi connectivity index (χ4n) is 16.8. The second kappa shape index (κ2) is 47.3. The summed E-state index contributed by atoms with van der Waals surface area (Å²) in [6.45, 7) is -0.622. The van der Waals surface area contributed by atoms with Crippen LogP contribution >= 0.6 is 47.0 Å². The minimum absolute atomic E-state index is 0.0102. The number of nitrogens with zero attached hydrogens (tertiary/aromatic N) is 20. The SMILES string of the molecule is [2H]C([2H])(CC)Sc1nc(N[C@@]2([2H])[C@H](c3ccc(C)c(F)c3)C2([2H])[2H])c2nnn([C@@H]3C[C@H](OCCO)[C@@H](O)[C@H]3O)c2n1.[2H]C([2H])(CO)O[C@H]1C[C@@H](n2nnc3c(N[C@@]4([2H])[C@H](c5ccc(C)c(F)c5)C4([2H])[2H])nc(SC([2H])([2H])CC)nc32)[C@H](O)[C@@H]1O.[2H]C([2H])(O)C([2H])([2H])O[C@H]1C[C@@H](n2nnc3c(N[C@@]4([2H])[C@H](c5ccc(C)c(F)c5)C4([2H])[2H])nc(SCCC)nc32)[C@H](O)[C@@H]1O.[2H]C([2H])(O)CO[C@H]1C[C@@H](n2nnc3c(N[C@@]4([2H])[C@H](c5ccc(C)c(F)c5)C4([2H])[2H])nc(SC([2H])([2H])CC)nc32)[C@H](O)[C@@H]1O. The minimum atomic E-state index is -3.39. The Morgan fingerprint density at radius 3 is 0.896 bits per heavy atom. The molecular formula is C96H124F4N24O16S4. The molecule has 12 aromatic rings. The van der Waals surface area contributed by atoms with Gasteiger partial charge in [-0.05, 0) is 148 Å². The third kappa shape index (κ3) is 23.8. The highest BCUT2D eigenvalue weighted by Gasteiger charge is 2.51. The van der Waals surface area contributed by atoms with Crippen molar-refractivity contribution >= 4 is 115 Å². The van der Waals surface area contributed by atoms with Crippen molar-refractivity contribution in [3.8, 4) is 0 Å². The molecule has 0 amide bonds. The number of aryl methyl sites for hydroxylation is 4. The molecular weight excluding hydrogens is 1950 g/mol. The van der Waals surface area contributed by atoms with Gasteiger partial charge in [-0.2, -0.15) is 0 Å². The number of hydrogen-bond acceptors (Lipinski definition) is 40. The van der Waals surface area contributed by atoms with Crippen LogP contribution in [0.2, 0.25) is 0 Å². The number of aliphatic hydroxyl groups is 12. The molecule has 0 unspecified atom stereocenters. The first-order valence-electron chi connectivity index (χ1n) is 59.1. The molecule has 4 aromatic carbocycles. The summed E-state index contributed by atoms with van der Waals surface area (Å²) >= 11 is 3.35. The lowest BCUT2D eigenvalue weighted by molar-refractivity contribution is -0.0629. The zero-order valence-electron chi connectivity index (χ0n) is 104. The number of ether oxygens (including phenoxy) is 4. The quantitative estimate of drug-likeness (QED) is 0.00969. The van der Waals surface area contributed by atoms with Gasteiger partial charge in [0.05, 0.1) is 118 Å². The van der Waals surface area contributed by atoms with E-state index in [0.29, 0.717) is 62.7 Å². The lowest BCUT2D eigenvalue weighted by Crippen LogP contribution is -2.33. The molecule has 48 heteroatoms. The van der Waals surface area contributed by atoms with E-state index in [0.717, 1.165) is 22.9 Å². The molecule has 0 spiro atoms. The maximum atomic E-state index is 14.3. The van der Waals surface area contributed by atoms with Crippen molar-refractivity contribution < 1.29 is 133 Å². The Morgan fingerprint density at radius 1 is 0.361 bits per heavy atom. The number of halogens is 4. The normalized spacial score (nSPS) is 34.4. The molecule has 8 saturated carbocycles. The Morgan fingerprint density at radius 2 is 0.639 bits per heavy atom. The molecule has 8 aliphatic rings. The fraction of sp³-hybridized carbons (Fsp3) is 0.583. The third-order valence-electron chi connectivity index (χ3n) is 24.7. The molecule has 776 valence electrons. The molecule has 20 rings (SSSR count). The van der Waals surface area contributed by atoms with Crippen molar-refractivity contribution in [3.05, 3.63) is 141 Å². The van der Waals surface area contributed by atoms with Gasteiger partial charge >= 0.3 is 0 Å². The van der Waals surface area contributed by atoms with Gasteiger partial charge < -0.3 is 101 Å². The summed E-state index contributed by atoms with van der Waals surface area (Å²) in [5.41, 5.74) is -2.64. The van der Waals surface area contributed by atoms with E-state index in [9.17, 15) is 73.7 Å². The lowest BCUT2D eigenvalue weighted by atomic mass is 10.1. The second-order valence-corrected chi connectivity index (χ2v) is 38.1. The first-order chi connectivity index (χ1) is 79.0. The van der Waals surface area contributed by atoms with Crippen LogP contribution in [0.3, 0.4) is 0 Å². The summed E-state index contributed by atoms with van der Waals surface area (Å²) in [6, 6.07) is 5.16. The number of fused-ring (bicyclic) bond motifs is 4. The van der Waals surface area contributed by atoms with Crippen LogP contribution < -0.4 is 21.3 Å². The lowest BCUT2D eigenvalue weighted by Gasteiger charge is -2.17. The Balaban J connectivity index is 0.000000151. The van der Waals surface area contributed by atoms with Gasteiger partial charge in [0.15, 0.2) is 88.6 Å². The number of hydrogen-bond donors (Lipinski definition) is 16. The number of nitrogens with one attached hydrogen (secondary N) is 4. The molecule has 144 heavy (non-hydrogen) atoms. The highest BCUT2D eigenvalue weighted by Crippen LogP contribution is 2.50. The molecule has 0 radical (unpaired) electrons. The van der Waals surface area contributed by atoms with E-state index < -0.39 is 250 Å². The fourth-order valence-corrected chi connectivity index (χ4v) is 19.2. The van der Waals surface area contributed by atoms with Crippen molar-refractivity contribution in [1.82, 2.24) is 99.8 Å². The summed E-state index contributed by atoms with van der Waals surface area (Å²) in [5, 5.41) is 167. The Hall–Kier alpha value is -9.52. The number of aromatic nitrogens is 20. The van der Waals surface area contributed by atoms with E-state index in [2.05, 4.69) is 102 Å². The van der Waals surface area contributed by atoms with E-state index >= 15 is 0 Å². The molecule has 8 heterocycles. The van der Waals surface area contributed by atoms with Gasteiger partial charge in [-0.1, -0.05) is 144 Å². The Kier molecular flexibility index (Phi) is 25.3. The van der Waals surface area contributed by atoms with Gasteiger partial charge in [-0.3, -0.25) is 0 Å². The van der Waals surface area contributed by atoms with E-state index in [1.165, 1.54) is 74.3 Å². The predicted octanol–water partition coefficient (Wildman–Crippen LogP) is 8.73. The monoisotopic (exact) mass is 2100 g/mol. The van der Waals surface area contributed by atoms with Gasteiger partial charge in [0.2, 0.25) is 0 Å². The zero-order valence-corrected chi connectivity index (χ0v) is 81.5. The van der Waals surface area contributed by atoms with Gasteiger partial charge in [0, 0.05) is 115 Å². The van der Waals surface area contributed by atoms with Crippen LogP contribution in [0.4, 0.5) is 40.8 Å². The summed E-state index contributed by atoms with van der Waals surface area (Å²) < 4.78 is 296. The van der Waals surface area contributed by atoms with Crippen LogP contribution in [-0.4, -0.2) is 334 Å². The van der Waals surface area contributed by atoms with Crippen LogP contribution in [0, 0.1) is 51.0 Å². The summed E-state index contributed by atoms with van der Waals surface area (Å²) in [5.74, 6) is -6.16. The van der Waals surface area contributed by atoms with Crippen molar-refractivity contribution in [2.45, 2.75) is 298 Å². The average Bonchev–Trinajstić information content (AvgIpc) is 1.52. The maximum absolute atomic E-state index is 14.3. The largest absolute Gasteiger partial charge is 0.394 e. The van der Waals surface area contributed by atoms with Crippen molar-refractivity contribution in [3.63, 3.8) is 0 Å². The summed E-state index contributed by atoms with van der Waals surface area (Å²) in [4.78, 5) is 35.3. The van der Waals surface area contributed by atoms with Crippen molar-refractivity contribution in [2.24, 2.45) is 0 Å². The minimum Gasteiger partial charge on any atom is -0.394 e. The molecule has 40 nitrogen and oxygen atoms in total. The molecule has 0 bridgehead atoms. The molecule has 16 N–H and O–H groups in total. The number of benzene rings is 4. The third-order valence-corrected chi connectivity index (χ3v) is 28.2. The topological polar surface area (TPSA) is 554 Å². The number of thioether (sulfide) groups is 4. The van der Waals surface area contributed by atoms with Gasteiger partial charge in [-0.25, -0.2) is 76.2 Å². The van der Waals surface area contributed by atoms with Gasteiger partial charge in [0.1, 0.15) is 72.1 Å². The van der Waals surface area contributed by atoms with Gasteiger partial charge in [0.25, 0.3) is 0 Å². The van der Waals surface area contributed by atoms with Crippen LogP contribution in [0.5, 0.6) is 0 Å². The predicted molar refractivity (Wildman–Crippen MR) is 530 cm³/mol. The van der Waals surface area contributed by atoms with Crippen molar-refractivity contribution in [2.75, 3.05) is 96.8 Å². The van der Waals surface area contributed by atoms with Crippen LogP contribution in [-0.2, 0) is 18.9 Å². The summed E-state index contributed by atoms with van der Waals surface area (Å²) in [6.07, 6.45) is -24.3. The van der Waals surface area contributed by atoms with E-state index in [-0.39, 0.29) is 158 Å². The van der Waals surface area contributed by atoms with Crippen LogP contribution in [0.1, 0.15) is 233 Å². The van der Waals surface area contributed by atoms with E-state index in [1.807, 2.05) is 6.92 Å². The maximum Gasteiger partial charge on any atom is 0.191 e. The molecule has 0 saturated heterocycles. The van der Waals surface area contributed by atoms with Gasteiger partial charge in [-0.15, -0.1) is 20.4 Å². The zero-order chi connectivity index (χ0) is 125. The van der Waals surface area contributed by atoms with Crippen LogP contribution in [0.25, 0.3) is 44.7 Å². The first-order valence-corrected chi connectivity index (χ1v) is 49.5. The smallest absolute Gasteiger partial charge is 0.191 e. The second-order valence-electron chi connectivity index (χ2n) is 34.5. The van der Waals surface area contributed by atoms with E-state index in [1.54, 1.807) is 72.7 Å². The Bertz CT molecular complexity index is 7820. The average molecular weight is 2100 g/mol. The van der Waals surface area contributed by atoms with Crippen molar-refractivity contribution in [1.29, 1.82) is 0 Å². The standard InChI is InChI=1S/4C24H31FN6O4S/c4*1-3-8-36-24-27-22(26-16-10-14(16)13-5-4-12(2)15(25)9-13)19-23(28-24)31(30-29-19)17-11-18(35-7-6-32)21(34)20(17)33/h4*4-5,9,14,16-18,20-21,32-34H,3,6-8,10-11H2,1-2H3,(H,26,27,28)/t4*14-,16+,17+,18-,20-,21+/m0000/s1/i7D2,8D2,10D2,16D;6D2,8D2,10D2,16D;6D2,7D2,10D2,16D;8D2,10D2,16D. The summed E-state index contributed by atoms with van der Waals surface area (Å²) in [7, 11) is 0. The number of aliphatic hydroxyl groups excluding tert-OH is 10.